The van der Waals surface area contributed by atoms with Gasteiger partial charge in [-0.2, -0.15) is 18.0 Å². The van der Waals surface area contributed by atoms with Crippen LogP contribution in [0.3, 0.4) is 0 Å². The van der Waals surface area contributed by atoms with Crippen molar-refractivity contribution < 1.29 is 12.8 Å². The molecule has 9 heteroatoms. The Bertz CT molecular complexity index is 992. The van der Waals surface area contributed by atoms with Gasteiger partial charge < -0.3 is 0 Å². The largest absolute Gasteiger partial charge is 0.281 e. The van der Waals surface area contributed by atoms with Crippen LogP contribution in [0.2, 0.25) is 0 Å². The molecule has 1 aromatic carbocycles. The first-order chi connectivity index (χ1) is 11.3. The van der Waals surface area contributed by atoms with E-state index in [1.807, 2.05) is 20.8 Å². The summed E-state index contributed by atoms with van der Waals surface area (Å²) in [5, 5.41) is 5.20. The second-order valence-corrected chi connectivity index (χ2v) is 8.21. The molecule has 24 heavy (non-hydrogen) atoms. The fourth-order valence-electron chi connectivity index (χ4n) is 2.27. The van der Waals surface area contributed by atoms with Crippen molar-refractivity contribution in [1.82, 2.24) is 14.6 Å². The van der Waals surface area contributed by atoms with E-state index in [4.69, 9.17) is 0 Å². The number of benzene rings is 1. The van der Waals surface area contributed by atoms with Gasteiger partial charge in [0, 0.05) is 5.92 Å². The Balaban J connectivity index is 2.11. The number of aromatic nitrogens is 3. The quantitative estimate of drug-likeness (QED) is 0.749. The number of imidazole rings is 1. The van der Waals surface area contributed by atoms with Crippen molar-refractivity contribution in [1.29, 1.82) is 0 Å². The summed E-state index contributed by atoms with van der Waals surface area (Å²) in [6.45, 7) is 5.80. The van der Waals surface area contributed by atoms with Crippen LogP contribution in [-0.2, 0) is 16.4 Å². The van der Waals surface area contributed by atoms with Crippen LogP contribution < -0.4 is 4.72 Å². The minimum atomic E-state index is -3.94. The average molecular weight is 368 g/mol. The fourth-order valence-corrected chi connectivity index (χ4v) is 4.64. The molecule has 0 saturated heterocycles. The van der Waals surface area contributed by atoms with Crippen LogP contribution in [0.15, 0.2) is 29.3 Å². The van der Waals surface area contributed by atoms with E-state index in [2.05, 4.69) is 14.8 Å². The number of nitrogens with zero attached hydrogens (tertiary/aromatic N) is 3. The van der Waals surface area contributed by atoms with E-state index in [1.54, 1.807) is 0 Å². The summed E-state index contributed by atoms with van der Waals surface area (Å²) in [5.74, 6) is -0.339. The van der Waals surface area contributed by atoms with Gasteiger partial charge in [0.2, 0.25) is 9.99 Å². The number of fused-ring (bicyclic) bond motifs is 1. The lowest BCUT2D eigenvalue weighted by Gasteiger charge is -2.08. The molecule has 0 atom stereocenters. The Kier molecular flexibility index (Phi) is 4.31. The van der Waals surface area contributed by atoms with E-state index in [0.717, 1.165) is 11.1 Å². The van der Waals surface area contributed by atoms with Crippen LogP contribution in [0.4, 0.5) is 10.1 Å². The normalized spacial score (nSPS) is 12.2. The SMILES string of the molecule is CCc1nc2sc(C(C)C)nn2c1S(=O)(=O)Nc1cccc(F)c1. The van der Waals surface area contributed by atoms with Crippen LogP contribution in [0.5, 0.6) is 0 Å². The topological polar surface area (TPSA) is 76.4 Å². The van der Waals surface area contributed by atoms with Crippen molar-refractivity contribution in [2.24, 2.45) is 0 Å². The van der Waals surface area contributed by atoms with Gasteiger partial charge in [-0.1, -0.05) is 38.2 Å². The first-order valence-corrected chi connectivity index (χ1v) is 9.78. The van der Waals surface area contributed by atoms with Gasteiger partial charge in [-0.15, -0.1) is 0 Å². The Hall–Kier alpha value is -2.00. The molecule has 0 unspecified atom stereocenters. The minimum Gasteiger partial charge on any atom is -0.278 e. The molecule has 0 bridgehead atoms. The highest BCUT2D eigenvalue weighted by molar-refractivity contribution is 7.92. The summed E-state index contributed by atoms with van der Waals surface area (Å²) in [4.78, 5) is 4.92. The first-order valence-electron chi connectivity index (χ1n) is 7.48. The van der Waals surface area contributed by atoms with Crippen molar-refractivity contribution in [2.45, 2.75) is 38.1 Å². The third-order valence-electron chi connectivity index (χ3n) is 3.41. The second-order valence-electron chi connectivity index (χ2n) is 5.62. The molecule has 0 radical (unpaired) electrons. The summed E-state index contributed by atoms with van der Waals surface area (Å²) in [5.41, 5.74) is 0.597. The number of hydrogen-bond acceptors (Lipinski definition) is 5. The lowest BCUT2D eigenvalue weighted by molar-refractivity contribution is 0.591. The maximum Gasteiger partial charge on any atom is 0.281 e. The van der Waals surface area contributed by atoms with E-state index in [-0.39, 0.29) is 16.6 Å². The van der Waals surface area contributed by atoms with Gasteiger partial charge in [-0.3, -0.25) is 4.72 Å². The molecule has 0 fully saturated rings. The van der Waals surface area contributed by atoms with Gasteiger partial charge in [-0.05, 0) is 24.6 Å². The highest BCUT2D eigenvalue weighted by atomic mass is 32.2. The zero-order chi connectivity index (χ0) is 17.5. The number of sulfonamides is 1. The Morgan fingerprint density at radius 2 is 2.12 bits per heavy atom. The fraction of sp³-hybridized carbons (Fsp3) is 0.333. The van der Waals surface area contributed by atoms with Gasteiger partial charge in [0.05, 0.1) is 11.4 Å². The molecule has 2 aromatic heterocycles. The Morgan fingerprint density at radius 1 is 1.38 bits per heavy atom. The maximum atomic E-state index is 13.3. The van der Waals surface area contributed by atoms with Gasteiger partial charge in [0.1, 0.15) is 10.8 Å². The summed E-state index contributed by atoms with van der Waals surface area (Å²) >= 11 is 1.37. The van der Waals surface area contributed by atoms with Crippen LogP contribution in [-0.4, -0.2) is 23.0 Å². The number of hydrogen-bond donors (Lipinski definition) is 1. The molecule has 0 amide bonds. The predicted octanol–water partition coefficient (Wildman–Crippen LogP) is 3.42. The number of anilines is 1. The van der Waals surface area contributed by atoms with Gasteiger partial charge >= 0.3 is 0 Å². The highest BCUT2D eigenvalue weighted by Gasteiger charge is 2.27. The smallest absolute Gasteiger partial charge is 0.278 e. The lowest BCUT2D eigenvalue weighted by atomic mass is 10.2. The second kappa shape index (κ2) is 6.14. The number of rotatable bonds is 5. The molecule has 0 aliphatic carbocycles. The van der Waals surface area contributed by atoms with Crippen LogP contribution in [0.1, 0.15) is 37.4 Å². The van der Waals surface area contributed by atoms with Crippen molar-refractivity contribution in [2.75, 3.05) is 4.72 Å². The van der Waals surface area contributed by atoms with E-state index in [1.165, 1.54) is 34.1 Å². The van der Waals surface area contributed by atoms with Crippen molar-refractivity contribution >= 4 is 32.0 Å². The van der Waals surface area contributed by atoms with Gasteiger partial charge in [0.15, 0.2) is 0 Å². The third kappa shape index (κ3) is 3.01. The number of halogens is 1. The highest BCUT2D eigenvalue weighted by Crippen LogP contribution is 2.28. The van der Waals surface area contributed by atoms with E-state index >= 15 is 0 Å². The van der Waals surface area contributed by atoms with Crippen molar-refractivity contribution in [3.8, 4) is 0 Å². The number of nitrogens with one attached hydrogen (secondary N) is 1. The molecule has 3 aromatic rings. The first kappa shape index (κ1) is 16.8. The van der Waals surface area contributed by atoms with Crippen molar-refractivity contribution in [3.63, 3.8) is 0 Å². The standard InChI is InChI=1S/C15H17FN4O2S2/c1-4-12-14(20-15(17-12)23-13(18-20)9(2)3)24(21,22)19-11-7-5-6-10(16)8-11/h5-9,19H,4H2,1-3H3. The van der Waals surface area contributed by atoms with Crippen LogP contribution in [0.25, 0.3) is 4.96 Å². The number of aryl methyl sites for hydroxylation is 1. The summed E-state index contributed by atoms with van der Waals surface area (Å²) < 4.78 is 42.7. The summed E-state index contributed by atoms with van der Waals surface area (Å²) in [6, 6.07) is 5.31. The third-order valence-corrected chi connectivity index (χ3v) is 6.04. The molecule has 0 saturated carbocycles. The maximum absolute atomic E-state index is 13.3. The molecule has 1 N–H and O–H groups in total. The van der Waals surface area contributed by atoms with E-state index < -0.39 is 15.8 Å². The molecular weight excluding hydrogens is 351 g/mol. The monoisotopic (exact) mass is 368 g/mol. The Morgan fingerprint density at radius 3 is 2.75 bits per heavy atom. The minimum absolute atomic E-state index is 0.00686. The molecule has 0 spiro atoms. The molecule has 2 heterocycles. The van der Waals surface area contributed by atoms with E-state index in [0.29, 0.717) is 17.1 Å². The molecule has 0 aliphatic rings. The summed E-state index contributed by atoms with van der Waals surface area (Å²) in [7, 11) is -3.94. The lowest BCUT2D eigenvalue weighted by Crippen LogP contribution is -2.17. The van der Waals surface area contributed by atoms with Gasteiger partial charge in [-0.25, -0.2) is 9.37 Å². The van der Waals surface area contributed by atoms with Gasteiger partial charge in [0.25, 0.3) is 10.0 Å². The molecule has 6 nitrogen and oxygen atoms in total. The zero-order valence-electron chi connectivity index (χ0n) is 13.4. The van der Waals surface area contributed by atoms with Crippen LogP contribution >= 0.6 is 11.3 Å². The molecule has 128 valence electrons. The zero-order valence-corrected chi connectivity index (χ0v) is 15.1. The van der Waals surface area contributed by atoms with Crippen molar-refractivity contribution in [3.05, 3.63) is 40.8 Å². The molecular formula is C15H17FN4O2S2. The van der Waals surface area contributed by atoms with E-state index in [9.17, 15) is 12.8 Å². The van der Waals surface area contributed by atoms with Crippen LogP contribution in [0, 0.1) is 5.82 Å². The Labute approximate surface area is 143 Å². The summed E-state index contributed by atoms with van der Waals surface area (Å²) in [6.07, 6.45) is 0.451. The predicted molar refractivity (Wildman–Crippen MR) is 91.5 cm³/mol. The molecule has 3 rings (SSSR count). The average Bonchev–Trinajstić information content (AvgIpc) is 3.03. The molecule has 0 aliphatic heterocycles.